The summed E-state index contributed by atoms with van der Waals surface area (Å²) in [5, 5.41) is 10.6. The Morgan fingerprint density at radius 3 is 2.00 bits per heavy atom. The van der Waals surface area contributed by atoms with Crippen LogP contribution in [0.2, 0.25) is 0 Å². The average molecular weight is 256 g/mol. The van der Waals surface area contributed by atoms with E-state index in [1.54, 1.807) is 7.11 Å². The summed E-state index contributed by atoms with van der Waals surface area (Å²) in [6.45, 7) is 6.08. The molecule has 0 saturated heterocycles. The third kappa shape index (κ3) is 2.79. The lowest BCUT2D eigenvalue weighted by atomic mass is 9.93. The van der Waals surface area contributed by atoms with Gasteiger partial charge in [0.25, 0.3) is 0 Å². The van der Waals surface area contributed by atoms with E-state index in [-0.39, 0.29) is 0 Å². The first-order valence-corrected chi connectivity index (χ1v) is 6.42. The molecule has 0 saturated carbocycles. The monoisotopic (exact) mass is 256 g/mol. The van der Waals surface area contributed by atoms with Crippen LogP contribution in [0.1, 0.15) is 33.9 Å². The smallest absolute Gasteiger partial charge is 0.119 e. The van der Waals surface area contributed by atoms with Crippen molar-refractivity contribution in [1.82, 2.24) is 0 Å². The van der Waals surface area contributed by atoms with Crippen molar-refractivity contribution in [3.8, 4) is 5.75 Å². The molecule has 0 heterocycles. The van der Waals surface area contributed by atoms with Gasteiger partial charge in [0, 0.05) is 0 Å². The van der Waals surface area contributed by atoms with Crippen LogP contribution in [0, 0.1) is 20.8 Å². The topological polar surface area (TPSA) is 29.5 Å². The van der Waals surface area contributed by atoms with Crippen molar-refractivity contribution < 1.29 is 9.84 Å². The molecule has 1 N–H and O–H groups in total. The molecule has 19 heavy (non-hydrogen) atoms. The fourth-order valence-electron chi connectivity index (χ4n) is 2.38. The number of aryl methyl sites for hydroxylation is 3. The maximum absolute atomic E-state index is 10.6. The standard InChI is InChI=1S/C17H20O2/c1-11-5-7-15(12(2)9-11)17(18)16-8-6-14(19-4)10-13(16)3/h5-10,17-18H,1-4H3. The highest BCUT2D eigenvalue weighted by molar-refractivity contribution is 5.42. The van der Waals surface area contributed by atoms with Crippen molar-refractivity contribution >= 4 is 0 Å². The van der Waals surface area contributed by atoms with Crippen LogP contribution in [0.15, 0.2) is 36.4 Å². The van der Waals surface area contributed by atoms with E-state index in [4.69, 9.17) is 4.74 Å². The van der Waals surface area contributed by atoms with Gasteiger partial charge in [0.05, 0.1) is 7.11 Å². The molecule has 0 radical (unpaired) electrons. The Hall–Kier alpha value is -1.80. The number of aliphatic hydroxyl groups is 1. The Labute approximate surface area is 114 Å². The fraction of sp³-hybridized carbons (Fsp3) is 0.294. The molecule has 100 valence electrons. The largest absolute Gasteiger partial charge is 0.497 e. The predicted octanol–water partition coefficient (Wildman–Crippen LogP) is 3.70. The van der Waals surface area contributed by atoms with E-state index in [0.717, 1.165) is 28.0 Å². The summed E-state index contributed by atoms with van der Waals surface area (Å²) in [6.07, 6.45) is -0.591. The fourth-order valence-corrected chi connectivity index (χ4v) is 2.38. The molecule has 2 aromatic rings. The first kappa shape index (κ1) is 13.6. The number of methoxy groups -OCH3 is 1. The number of benzene rings is 2. The minimum Gasteiger partial charge on any atom is -0.497 e. The molecule has 2 rings (SSSR count). The quantitative estimate of drug-likeness (QED) is 0.907. The highest BCUT2D eigenvalue weighted by Gasteiger charge is 2.15. The lowest BCUT2D eigenvalue weighted by Gasteiger charge is -2.17. The van der Waals surface area contributed by atoms with Gasteiger partial charge in [-0.1, -0.05) is 29.8 Å². The summed E-state index contributed by atoms with van der Waals surface area (Å²) in [7, 11) is 1.65. The lowest BCUT2D eigenvalue weighted by molar-refractivity contribution is 0.218. The van der Waals surface area contributed by atoms with Crippen LogP contribution in [0.4, 0.5) is 0 Å². The van der Waals surface area contributed by atoms with Crippen molar-refractivity contribution in [2.45, 2.75) is 26.9 Å². The van der Waals surface area contributed by atoms with Crippen LogP contribution in [-0.2, 0) is 0 Å². The number of ether oxygens (including phenoxy) is 1. The molecule has 0 aliphatic carbocycles. The molecule has 2 aromatic carbocycles. The highest BCUT2D eigenvalue weighted by atomic mass is 16.5. The second kappa shape index (κ2) is 5.45. The Balaban J connectivity index is 2.41. The minimum atomic E-state index is -0.591. The maximum Gasteiger partial charge on any atom is 0.119 e. The number of aliphatic hydroxyl groups excluding tert-OH is 1. The van der Waals surface area contributed by atoms with Gasteiger partial charge in [-0.15, -0.1) is 0 Å². The Morgan fingerprint density at radius 1 is 0.895 bits per heavy atom. The molecular formula is C17H20O2. The number of rotatable bonds is 3. The van der Waals surface area contributed by atoms with E-state index in [9.17, 15) is 5.11 Å². The molecule has 0 aromatic heterocycles. The summed E-state index contributed by atoms with van der Waals surface area (Å²) in [4.78, 5) is 0. The van der Waals surface area contributed by atoms with Crippen molar-refractivity contribution in [3.63, 3.8) is 0 Å². The molecule has 0 spiro atoms. The second-order valence-corrected chi connectivity index (χ2v) is 4.99. The zero-order chi connectivity index (χ0) is 14.0. The van der Waals surface area contributed by atoms with Crippen LogP contribution in [0.3, 0.4) is 0 Å². The number of hydrogen-bond donors (Lipinski definition) is 1. The van der Waals surface area contributed by atoms with E-state index in [2.05, 4.69) is 13.0 Å². The van der Waals surface area contributed by atoms with Gasteiger partial charge in [0.1, 0.15) is 11.9 Å². The van der Waals surface area contributed by atoms with Crippen molar-refractivity contribution in [3.05, 3.63) is 64.2 Å². The Bertz CT molecular complexity index is 588. The van der Waals surface area contributed by atoms with E-state index in [1.165, 1.54) is 5.56 Å². The zero-order valence-corrected chi connectivity index (χ0v) is 11.9. The normalized spacial score (nSPS) is 12.3. The van der Waals surface area contributed by atoms with Gasteiger partial charge in [0.15, 0.2) is 0 Å². The second-order valence-electron chi connectivity index (χ2n) is 4.99. The van der Waals surface area contributed by atoms with Gasteiger partial charge in [-0.2, -0.15) is 0 Å². The van der Waals surface area contributed by atoms with Gasteiger partial charge in [-0.3, -0.25) is 0 Å². The van der Waals surface area contributed by atoms with E-state index in [1.807, 2.05) is 44.2 Å². The van der Waals surface area contributed by atoms with Crippen molar-refractivity contribution in [2.24, 2.45) is 0 Å². The summed E-state index contributed by atoms with van der Waals surface area (Å²) < 4.78 is 5.19. The molecule has 2 heteroatoms. The van der Waals surface area contributed by atoms with Crippen molar-refractivity contribution in [2.75, 3.05) is 7.11 Å². The molecule has 1 unspecified atom stereocenters. The van der Waals surface area contributed by atoms with Crippen LogP contribution >= 0.6 is 0 Å². The molecule has 0 amide bonds. The van der Waals surface area contributed by atoms with Gasteiger partial charge in [-0.25, -0.2) is 0 Å². The van der Waals surface area contributed by atoms with Crippen LogP contribution in [-0.4, -0.2) is 12.2 Å². The average Bonchev–Trinajstić information content (AvgIpc) is 2.37. The molecule has 0 aliphatic heterocycles. The first-order valence-electron chi connectivity index (χ1n) is 6.42. The maximum atomic E-state index is 10.6. The molecule has 1 atom stereocenters. The van der Waals surface area contributed by atoms with Gasteiger partial charge in [0.2, 0.25) is 0 Å². The van der Waals surface area contributed by atoms with Crippen molar-refractivity contribution in [1.29, 1.82) is 0 Å². The summed E-state index contributed by atoms with van der Waals surface area (Å²) in [5.74, 6) is 0.814. The lowest BCUT2D eigenvalue weighted by Crippen LogP contribution is -2.04. The van der Waals surface area contributed by atoms with Crippen LogP contribution < -0.4 is 4.74 Å². The van der Waals surface area contributed by atoms with Gasteiger partial charge < -0.3 is 9.84 Å². The molecule has 0 fully saturated rings. The van der Waals surface area contributed by atoms with E-state index in [0.29, 0.717) is 0 Å². The molecule has 0 bridgehead atoms. The third-order valence-corrected chi connectivity index (χ3v) is 3.49. The molecular weight excluding hydrogens is 236 g/mol. The van der Waals surface area contributed by atoms with Crippen LogP contribution in [0.5, 0.6) is 5.75 Å². The Kier molecular flexibility index (Phi) is 3.91. The van der Waals surface area contributed by atoms with Crippen LogP contribution in [0.25, 0.3) is 0 Å². The Morgan fingerprint density at radius 2 is 1.47 bits per heavy atom. The van der Waals surface area contributed by atoms with Gasteiger partial charge >= 0.3 is 0 Å². The zero-order valence-electron chi connectivity index (χ0n) is 11.9. The van der Waals surface area contributed by atoms with Gasteiger partial charge in [-0.05, 0) is 55.2 Å². The highest BCUT2D eigenvalue weighted by Crippen LogP contribution is 2.29. The minimum absolute atomic E-state index is 0.591. The molecule has 2 nitrogen and oxygen atoms in total. The first-order chi connectivity index (χ1) is 9.02. The molecule has 0 aliphatic rings. The summed E-state index contributed by atoms with van der Waals surface area (Å²) in [5.41, 5.74) is 5.24. The predicted molar refractivity (Wildman–Crippen MR) is 77.7 cm³/mol. The summed E-state index contributed by atoms with van der Waals surface area (Å²) >= 11 is 0. The van der Waals surface area contributed by atoms with E-state index >= 15 is 0 Å². The van der Waals surface area contributed by atoms with E-state index < -0.39 is 6.10 Å². The summed E-state index contributed by atoms with van der Waals surface area (Å²) in [6, 6.07) is 11.9. The SMILES string of the molecule is COc1ccc(C(O)c2ccc(C)cc2C)c(C)c1. The third-order valence-electron chi connectivity index (χ3n) is 3.49. The number of hydrogen-bond acceptors (Lipinski definition) is 2.